The van der Waals surface area contributed by atoms with Crippen LogP contribution in [0.2, 0.25) is 0 Å². The molecule has 6 heteroatoms. The molecule has 4 nitrogen and oxygen atoms in total. The first-order chi connectivity index (χ1) is 6.88. The van der Waals surface area contributed by atoms with E-state index in [0.29, 0.717) is 0 Å². The van der Waals surface area contributed by atoms with Crippen molar-refractivity contribution < 1.29 is 24.1 Å². The molecule has 1 rings (SSSR count). The van der Waals surface area contributed by atoms with E-state index in [1.54, 1.807) is 0 Å². The van der Waals surface area contributed by atoms with E-state index in [2.05, 4.69) is 0 Å². The van der Waals surface area contributed by atoms with Gasteiger partial charge in [0.05, 0.1) is 0 Å². The molecule has 0 saturated carbocycles. The molecule has 0 saturated heterocycles. The molecule has 1 aromatic rings. The van der Waals surface area contributed by atoms with Crippen LogP contribution in [-0.4, -0.2) is 27.8 Å². The summed E-state index contributed by atoms with van der Waals surface area (Å²) in [5, 5.41) is 26.7. The molecule has 0 spiro atoms. The van der Waals surface area contributed by atoms with Gasteiger partial charge in [0, 0.05) is 5.56 Å². The molecule has 0 aliphatic carbocycles. The van der Waals surface area contributed by atoms with Crippen LogP contribution in [0, 0.1) is 0 Å². The van der Waals surface area contributed by atoms with E-state index in [-0.39, 0.29) is 11.3 Å². The Morgan fingerprint density at radius 2 is 1.93 bits per heavy atom. The Labute approximate surface area is 84.6 Å². The van der Waals surface area contributed by atoms with E-state index in [0.717, 1.165) is 18.2 Å². The van der Waals surface area contributed by atoms with Gasteiger partial charge < -0.3 is 21.1 Å². The van der Waals surface area contributed by atoms with Crippen LogP contribution >= 0.6 is 0 Å². The van der Waals surface area contributed by atoms with Crippen molar-refractivity contribution >= 4 is 0 Å². The summed E-state index contributed by atoms with van der Waals surface area (Å²) in [7, 11) is 0. The Morgan fingerprint density at radius 3 is 2.47 bits per heavy atom. The zero-order valence-electron chi connectivity index (χ0n) is 7.69. The van der Waals surface area contributed by atoms with E-state index >= 15 is 0 Å². The largest absolute Gasteiger partial charge is 0.508 e. The van der Waals surface area contributed by atoms with Gasteiger partial charge in [-0.1, -0.05) is 0 Å². The molecule has 0 radical (unpaired) electrons. The number of rotatable bonds is 3. The monoisotopic (exact) mass is 219 g/mol. The smallest absolute Gasteiger partial charge is 0.289 e. The number of benzene rings is 1. The lowest BCUT2D eigenvalue weighted by atomic mass is 10.0. The van der Waals surface area contributed by atoms with Gasteiger partial charge >= 0.3 is 0 Å². The number of aromatic hydroxyl groups is 2. The van der Waals surface area contributed by atoms with Crippen LogP contribution < -0.4 is 5.73 Å². The van der Waals surface area contributed by atoms with Gasteiger partial charge in [0.1, 0.15) is 24.1 Å². The van der Waals surface area contributed by atoms with Crippen LogP contribution in [0.4, 0.5) is 8.78 Å². The zero-order valence-corrected chi connectivity index (χ0v) is 7.69. The molecule has 0 bridgehead atoms. The van der Waals surface area contributed by atoms with Crippen LogP contribution in [0.3, 0.4) is 0 Å². The number of nitrogens with two attached hydrogens (primary N) is 1. The Kier molecular flexibility index (Phi) is 3.11. The summed E-state index contributed by atoms with van der Waals surface area (Å²) in [5.41, 5.74) is 4.86. The highest BCUT2D eigenvalue weighted by Crippen LogP contribution is 2.35. The second-order valence-electron chi connectivity index (χ2n) is 3.14. The molecule has 1 aromatic carbocycles. The maximum Gasteiger partial charge on any atom is 0.289 e. The van der Waals surface area contributed by atoms with Crippen LogP contribution in [0.15, 0.2) is 18.2 Å². The average Bonchev–Trinajstić information content (AvgIpc) is 2.20. The Balaban J connectivity index is 3.10. The molecule has 84 valence electrons. The van der Waals surface area contributed by atoms with Gasteiger partial charge in [-0.05, 0) is 18.2 Å². The van der Waals surface area contributed by atoms with Crippen LogP contribution in [-0.2, 0) is 0 Å². The van der Waals surface area contributed by atoms with Crippen LogP contribution in [0.1, 0.15) is 11.6 Å². The van der Waals surface area contributed by atoms with Crippen molar-refractivity contribution in [2.45, 2.75) is 12.0 Å². The topological polar surface area (TPSA) is 86.7 Å². The number of hydrogen-bond donors (Lipinski definition) is 4. The second kappa shape index (κ2) is 4.00. The summed E-state index contributed by atoms with van der Waals surface area (Å²) in [6.45, 7) is -1.43. The van der Waals surface area contributed by atoms with Gasteiger partial charge in [0.15, 0.2) is 0 Å². The van der Waals surface area contributed by atoms with Crippen molar-refractivity contribution in [3.63, 3.8) is 0 Å². The summed E-state index contributed by atoms with van der Waals surface area (Å²) in [4.78, 5) is 0. The highest BCUT2D eigenvalue weighted by Gasteiger charge is 2.38. The standard InChI is InChI=1S/C9H11F2NO3/c10-9(11,4-13)8(12)6-3-5(14)1-2-7(6)15/h1-3,8,13-15H,4,12H2/t8-/m1/s1. The Hall–Kier alpha value is -1.40. The van der Waals surface area contributed by atoms with Crippen molar-refractivity contribution in [3.8, 4) is 11.5 Å². The average molecular weight is 219 g/mol. The van der Waals surface area contributed by atoms with Crippen LogP contribution in [0.5, 0.6) is 11.5 Å². The lowest BCUT2D eigenvalue weighted by molar-refractivity contribution is -0.0716. The van der Waals surface area contributed by atoms with Crippen molar-refractivity contribution in [1.82, 2.24) is 0 Å². The van der Waals surface area contributed by atoms with Gasteiger partial charge in [-0.15, -0.1) is 0 Å². The summed E-state index contributed by atoms with van der Waals surface area (Å²) in [5.74, 6) is -4.29. The molecule has 0 aromatic heterocycles. The second-order valence-corrected chi connectivity index (χ2v) is 3.14. The number of phenols is 2. The van der Waals surface area contributed by atoms with E-state index in [1.165, 1.54) is 0 Å². The first-order valence-corrected chi connectivity index (χ1v) is 4.14. The summed E-state index contributed by atoms with van der Waals surface area (Å²) >= 11 is 0. The molecule has 0 amide bonds. The third kappa shape index (κ3) is 2.34. The lowest BCUT2D eigenvalue weighted by Gasteiger charge is -2.22. The minimum atomic E-state index is -3.55. The van der Waals surface area contributed by atoms with Gasteiger partial charge in [0.2, 0.25) is 0 Å². The maximum atomic E-state index is 13.0. The van der Waals surface area contributed by atoms with Crippen LogP contribution in [0.25, 0.3) is 0 Å². The highest BCUT2D eigenvalue weighted by atomic mass is 19.3. The summed E-state index contributed by atoms with van der Waals surface area (Å²) in [6.07, 6.45) is 0. The first kappa shape index (κ1) is 11.7. The van der Waals surface area contributed by atoms with E-state index in [9.17, 15) is 13.9 Å². The SMILES string of the molecule is N[C@H](c1cc(O)ccc1O)C(F)(F)CO. The molecule has 1 atom stereocenters. The molecule has 0 heterocycles. The third-order valence-corrected chi connectivity index (χ3v) is 2.01. The quantitative estimate of drug-likeness (QED) is 0.564. The Bertz CT molecular complexity index is 357. The first-order valence-electron chi connectivity index (χ1n) is 4.14. The number of alkyl halides is 2. The van der Waals surface area contributed by atoms with E-state index < -0.39 is 24.3 Å². The predicted octanol–water partition coefficient (Wildman–Crippen LogP) is 0.725. The highest BCUT2D eigenvalue weighted by molar-refractivity contribution is 5.41. The molecular weight excluding hydrogens is 208 g/mol. The maximum absolute atomic E-state index is 13.0. The Morgan fingerprint density at radius 1 is 1.33 bits per heavy atom. The number of hydrogen-bond acceptors (Lipinski definition) is 4. The number of aliphatic hydroxyl groups excluding tert-OH is 1. The predicted molar refractivity (Wildman–Crippen MR) is 48.7 cm³/mol. The molecule has 0 fully saturated rings. The fraction of sp³-hybridized carbons (Fsp3) is 0.333. The fourth-order valence-corrected chi connectivity index (χ4v) is 1.12. The third-order valence-electron chi connectivity index (χ3n) is 2.01. The van der Waals surface area contributed by atoms with E-state index in [1.807, 2.05) is 0 Å². The molecule has 0 aliphatic rings. The fourth-order valence-electron chi connectivity index (χ4n) is 1.12. The van der Waals surface area contributed by atoms with Crippen molar-refractivity contribution in [3.05, 3.63) is 23.8 Å². The molecule has 5 N–H and O–H groups in total. The van der Waals surface area contributed by atoms with E-state index in [4.69, 9.17) is 15.9 Å². The number of halogens is 2. The normalized spacial score (nSPS) is 13.9. The molecule has 15 heavy (non-hydrogen) atoms. The minimum Gasteiger partial charge on any atom is -0.508 e. The number of phenolic OH excluding ortho intramolecular Hbond substituents is 2. The van der Waals surface area contributed by atoms with Crippen molar-refractivity contribution in [2.75, 3.05) is 6.61 Å². The summed E-state index contributed by atoms with van der Waals surface area (Å²) < 4.78 is 26.0. The van der Waals surface area contributed by atoms with Gasteiger partial charge in [0.25, 0.3) is 5.92 Å². The van der Waals surface area contributed by atoms with Crippen molar-refractivity contribution in [2.24, 2.45) is 5.73 Å². The zero-order chi connectivity index (χ0) is 11.6. The minimum absolute atomic E-state index is 0.285. The van der Waals surface area contributed by atoms with Gasteiger partial charge in [-0.3, -0.25) is 0 Å². The number of aliphatic hydroxyl groups is 1. The summed E-state index contributed by atoms with van der Waals surface area (Å²) in [6, 6.07) is 1.26. The molecular formula is C9H11F2NO3. The van der Waals surface area contributed by atoms with Gasteiger partial charge in [-0.2, -0.15) is 0 Å². The van der Waals surface area contributed by atoms with Gasteiger partial charge in [-0.25, -0.2) is 8.78 Å². The lowest BCUT2D eigenvalue weighted by Crippen LogP contribution is -2.36. The molecule has 0 aliphatic heterocycles. The van der Waals surface area contributed by atoms with Crippen molar-refractivity contribution in [1.29, 1.82) is 0 Å². The molecule has 0 unspecified atom stereocenters.